The lowest BCUT2D eigenvalue weighted by molar-refractivity contribution is -0.115. The van der Waals surface area contributed by atoms with Crippen molar-refractivity contribution in [1.29, 1.82) is 0 Å². The first-order valence-corrected chi connectivity index (χ1v) is 10.4. The van der Waals surface area contributed by atoms with Gasteiger partial charge in [-0.05, 0) is 42.8 Å². The van der Waals surface area contributed by atoms with E-state index in [1.807, 2.05) is 54.6 Å². The van der Waals surface area contributed by atoms with Crippen LogP contribution in [0.25, 0.3) is 5.57 Å². The fourth-order valence-corrected chi connectivity index (χ4v) is 4.16. The Labute approximate surface area is 189 Å². The maximum Gasteiger partial charge on any atom is 0.335 e. The zero-order valence-electron chi connectivity index (χ0n) is 17.7. The maximum atomic E-state index is 13.6. The molecule has 1 N–H and O–H groups in total. The molecular formula is C26H19N3O4. The standard InChI is InChI=1S/C26H19N3O4/c1-16-22(25(31)29(27-16)19-13-11-18(12-14-19)26(32)33)23-20-9-5-6-10-21(20)28(24(23)30)15-17-7-3-2-4-8-17/h2-14H,15H2,1H3,(H,32,33)/b23-22+. The Morgan fingerprint density at radius 3 is 2.21 bits per heavy atom. The number of carboxylic acid groups (broad SMARTS) is 1. The Hall–Kier alpha value is -4.52. The molecule has 0 radical (unpaired) electrons. The number of rotatable bonds is 4. The molecule has 0 saturated heterocycles. The summed E-state index contributed by atoms with van der Waals surface area (Å²) >= 11 is 0. The van der Waals surface area contributed by atoms with Gasteiger partial charge in [0.1, 0.15) is 0 Å². The molecule has 0 fully saturated rings. The topological polar surface area (TPSA) is 90.3 Å². The molecule has 2 aliphatic heterocycles. The van der Waals surface area contributed by atoms with Crippen molar-refractivity contribution in [1.82, 2.24) is 0 Å². The quantitative estimate of drug-likeness (QED) is 0.622. The summed E-state index contributed by atoms with van der Waals surface area (Å²) in [6.07, 6.45) is 0. The van der Waals surface area contributed by atoms with Crippen LogP contribution >= 0.6 is 0 Å². The number of hydrogen-bond acceptors (Lipinski definition) is 4. The largest absolute Gasteiger partial charge is 0.478 e. The van der Waals surface area contributed by atoms with E-state index in [0.717, 1.165) is 11.3 Å². The van der Waals surface area contributed by atoms with E-state index in [2.05, 4.69) is 5.10 Å². The third-order valence-electron chi connectivity index (χ3n) is 5.73. The second kappa shape index (κ2) is 7.87. The Bertz CT molecular complexity index is 1360. The Kier molecular flexibility index (Phi) is 4.86. The minimum absolute atomic E-state index is 0.112. The highest BCUT2D eigenvalue weighted by Gasteiger charge is 2.40. The van der Waals surface area contributed by atoms with Gasteiger partial charge in [-0.1, -0.05) is 48.5 Å². The summed E-state index contributed by atoms with van der Waals surface area (Å²) in [5.74, 6) is -1.72. The van der Waals surface area contributed by atoms with Crippen molar-refractivity contribution in [2.45, 2.75) is 13.5 Å². The fraction of sp³-hybridized carbons (Fsp3) is 0.0769. The lowest BCUT2D eigenvalue weighted by atomic mass is 9.98. The summed E-state index contributed by atoms with van der Waals surface area (Å²) in [4.78, 5) is 39.8. The van der Waals surface area contributed by atoms with Crippen LogP contribution in [0.4, 0.5) is 11.4 Å². The van der Waals surface area contributed by atoms with Gasteiger partial charge in [-0.3, -0.25) is 9.59 Å². The highest BCUT2D eigenvalue weighted by atomic mass is 16.4. The zero-order chi connectivity index (χ0) is 23.1. The number of nitrogens with zero attached hydrogens (tertiary/aromatic N) is 3. The van der Waals surface area contributed by atoms with E-state index in [0.29, 0.717) is 29.1 Å². The average Bonchev–Trinajstić information content (AvgIpc) is 3.27. The summed E-state index contributed by atoms with van der Waals surface area (Å²) in [6.45, 7) is 2.08. The number of carbonyl (C=O) groups is 3. The molecule has 2 aliphatic rings. The van der Waals surface area contributed by atoms with Crippen molar-refractivity contribution >= 4 is 40.4 Å². The van der Waals surface area contributed by atoms with Crippen molar-refractivity contribution in [2.75, 3.05) is 9.91 Å². The van der Waals surface area contributed by atoms with Crippen LogP contribution in [0.15, 0.2) is 89.5 Å². The van der Waals surface area contributed by atoms with E-state index in [4.69, 9.17) is 5.11 Å². The van der Waals surface area contributed by atoms with Crippen LogP contribution in [0.3, 0.4) is 0 Å². The highest BCUT2D eigenvalue weighted by molar-refractivity contribution is 6.45. The molecule has 7 heteroatoms. The summed E-state index contributed by atoms with van der Waals surface area (Å²) in [7, 11) is 0. The molecule has 2 amide bonds. The average molecular weight is 437 g/mol. The van der Waals surface area contributed by atoms with E-state index in [-0.39, 0.29) is 17.0 Å². The molecule has 3 aromatic rings. The molecule has 0 saturated carbocycles. The molecule has 0 aromatic heterocycles. The first-order valence-electron chi connectivity index (χ1n) is 10.4. The van der Waals surface area contributed by atoms with Gasteiger partial charge in [0, 0.05) is 5.56 Å². The number of benzene rings is 3. The summed E-state index contributed by atoms with van der Waals surface area (Å²) in [5, 5.41) is 14.7. The van der Waals surface area contributed by atoms with Crippen molar-refractivity contribution in [3.05, 3.63) is 101 Å². The highest BCUT2D eigenvalue weighted by Crippen LogP contribution is 2.41. The monoisotopic (exact) mass is 437 g/mol. The van der Waals surface area contributed by atoms with Gasteiger partial charge in [0.25, 0.3) is 11.8 Å². The van der Waals surface area contributed by atoms with Crippen molar-refractivity contribution in [3.63, 3.8) is 0 Å². The van der Waals surface area contributed by atoms with Crippen LogP contribution in [0.5, 0.6) is 0 Å². The number of carbonyl (C=O) groups excluding carboxylic acids is 2. The van der Waals surface area contributed by atoms with Gasteiger partial charge in [-0.25, -0.2) is 4.79 Å². The molecule has 33 heavy (non-hydrogen) atoms. The van der Waals surface area contributed by atoms with Gasteiger partial charge in [0.2, 0.25) is 0 Å². The van der Waals surface area contributed by atoms with Gasteiger partial charge in [0.15, 0.2) is 0 Å². The van der Waals surface area contributed by atoms with Crippen LogP contribution in [0, 0.1) is 0 Å². The minimum Gasteiger partial charge on any atom is -0.478 e. The number of aromatic carboxylic acids is 1. The normalized spacial score (nSPS) is 17.4. The number of para-hydroxylation sites is 1. The van der Waals surface area contributed by atoms with Crippen LogP contribution in [0.2, 0.25) is 0 Å². The van der Waals surface area contributed by atoms with Gasteiger partial charge >= 0.3 is 5.97 Å². The number of hydrazone groups is 1. The van der Waals surface area contributed by atoms with Crippen LogP contribution in [-0.4, -0.2) is 28.6 Å². The van der Waals surface area contributed by atoms with E-state index in [9.17, 15) is 14.4 Å². The molecule has 5 rings (SSSR count). The van der Waals surface area contributed by atoms with Gasteiger partial charge in [-0.2, -0.15) is 10.1 Å². The van der Waals surface area contributed by atoms with Gasteiger partial charge < -0.3 is 10.0 Å². The third kappa shape index (κ3) is 3.40. The van der Waals surface area contributed by atoms with Crippen molar-refractivity contribution in [3.8, 4) is 0 Å². The molecule has 162 valence electrons. The summed E-state index contributed by atoms with van der Waals surface area (Å²) in [5.41, 5.74) is 3.99. The molecule has 0 spiro atoms. The number of amides is 2. The Morgan fingerprint density at radius 1 is 0.848 bits per heavy atom. The molecule has 2 heterocycles. The second-order valence-electron chi connectivity index (χ2n) is 7.80. The van der Waals surface area contributed by atoms with Gasteiger partial charge in [0.05, 0.1) is 40.3 Å². The maximum absolute atomic E-state index is 13.6. The molecule has 0 atom stereocenters. The van der Waals surface area contributed by atoms with Crippen LogP contribution in [0.1, 0.15) is 28.4 Å². The first-order chi connectivity index (χ1) is 16.0. The number of hydrogen-bond donors (Lipinski definition) is 1. The zero-order valence-corrected chi connectivity index (χ0v) is 17.7. The third-order valence-corrected chi connectivity index (χ3v) is 5.73. The Morgan fingerprint density at radius 2 is 1.52 bits per heavy atom. The summed E-state index contributed by atoms with van der Waals surface area (Å²) in [6, 6.07) is 23.0. The van der Waals surface area contributed by atoms with Crippen LogP contribution < -0.4 is 9.91 Å². The lowest BCUT2D eigenvalue weighted by Crippen LogP contribution is -2.28. The van der Waals surface area contributed by atoms with E-state index in [1.54, 1.807) is 11.8 Å². The summed E-state index contributed by atoms with van der Waals surface area (Å²) < 4.78 is 0. The SMILES string of the molecule is CC1=NN(c2ccc(C(=O)O)cc2)C(=O)/C1=C1/C(=O)N(Cc2ccccc2)c2ccccc21. The van der Waals surface area contributed by atoms with Crippen LogP contribution in [-0.2, 0) is 16.1 Å². The predicted octanol–water partition coefficient (Wildman–Crippen LogP) is 4.11. The van der Waals surface area contributed by atoms with Crippen molar-refractivity contribution in [2.24, 2.45) is 5.10 Å². The van der Waals surface area contributed by atoms with Crippen molar-refractivity contribution < 1.29 is 19.5 Å². The molecule has 0 aliphatic carbocycles. The predicted molar refractivity (Wildman–Crippen MR) is 125 cm³/mol. The smallest absolute Gasteiger partial charge is 0.335 e. The number of carboxylic acids is 1. The first kappa shape index (κ1) is 20.4. The minimum atomic E-state index is -1.05. The van der Waals surface area contributed by atoms with E-state index >= 15 is 0 Å². The fourth-order valence-electron chi connectivity index (χ4n) is 4.16. The second-order valence-corrected chi connectivity index (χ2v) is 7.80. The number of fused-ring (bicyclic) bond motifs is 1. The molecule has 0 bridgehead atoms. The van der Waals surface area contributed by atoms with E-state index < -0.39 is 11.9 Å². The van der Waals surface area contributed by atoms with E-state index in [1.165, 1.54) is 29.3 Å². The molecule has 7 nitrogen and oxygen atoms in total. The molecular weight excluding hydrogens is 418 g/mol. The number of anilines is 2. The van der Waals surface area contributed by atoms with Gasteiger partial charge in [-0.15, -0.1) is 0 Å². The lowest BCUT2D eigenvalue weighted by Gasteiger charge is -2.17. The molecule has 3 aromatic carbocycles. The Balaban J connectivity index is 1.56. The molecule has 0 unspecified atom stereocenters.